The van der Waals surface area contributed by atoms with Crippen LogP contribution in [0.4, 0.5) is 5.13 Å². The average molecular weight is 406 g/mol. The van der Waals surface area contributed by atoms with E-state index in [-0.39, 0.29) is 17.9 Å². The first-order valence-corrected chi connectivity index (χ1v) is 9.86. The molecule has 0 amide bonds. The lowest BCUT2D eigenvalue weighted by Gasteiger charge is -2.06. The van der Waals surface area contributed by atoms with Crippen molar-refractivity contribution < 1.29 is 9.53 Å². The lowest BCUT2D eigenvalue weighted by molar-refractivity contribution is 0.0462. The third-order valence-corrected chi connectivity index (χ3v) is 5.01. The topological polar surface area (TPSA) is 85.6 Å². The smallest absolute Gasteiger partial charge is 0.358 e. The van der Waals surface area contributed by atoms with Gasteiger partial charge in [0.1, 0.15) is 12.3 Å². The fraction of sp³-hybridized carbons (Fsp3) is 0.143. The summed E-state index contributed by atoms with van der Waals surface area (Å²) in [5.41, 5.74) is 2.99. The number of hydrogen-bond acceptors (Lipinski definition) is 7. The van der Waals surface area contributed by atoms with Gasteiger partial charge in [0.2, 0.25) is 0 Å². The number of nitrogens with one attached hydrogen (secondary N) is 1. The van der Waals surface area contributed by atoms with Gasteiger partial charge in [-0.3, -0.25) is 9.20 Å². The molecule has 146 valence electrons. The molecule has 3 heterocycles. The maximum Gasteiger partial charge on any atom is 0.358 e. The van der Waals surface area contributed by atoms with Crippen molar-refractivity contribution in [1.29, 1.82) is 0 Å². The van der Waals surface area contributed by atoms with E-state index in [2.05, 4.69) is 15.3 Å². The van der Waals surface area contributed by atoms with E-state index in [1.165, 1.54) is 21.8 Å². The van der Waals surface area contributed by atoms with Crippen molar-refractivity contribution in [2.75, 3.05) is 5.32 Å². The summed E-state index contributed by atoms with van der Waals surface area (Å²) < 4.78 is 6.75. The van der Waals surface area contributed by atoms with Gasteiger partial charge in [-0.2, -0.15) is 0 Å². The number of pyridine rings is 1. The molecule has 0 fully saturated rings. The average Bonchev–Trinajstić information content (AvgIpc) is 3.21. The van der Waals surface area contributed by atoms with Crippen molar-refractivity contribution >= 4 is 28.1 Å². The van der Waals surface area contributed by atoms with Crippen molar-refractivity contribution in [3.05, 3.63) is 93.0 Å². The number of benzene rings is 1. The third-order valence-electron chi connectivity index (χ3n) is 4.21. The molecule has 0 atom stereocenters. The van der Waals surface area contributed by atoms with Gasteiger partial charge in [0.05, 0.1) is 5.69 Å². The monoisotopic (exact) mass is 406 g/mol. The molecule has 3 aromatic heterocycles. The largest absolute Gasteiger partial charge is 0.454 e. The summed E-state index contributed by atoms with van der Waals surface area (Å²) in [6, 6.07) is 14.9. The van der Waals surface area contributed by atoms with Crippen molar-refractivity contribution in [3.63, 3.8) is 0 Å². The van der Waals surface area contributed by atoms with Crippen molar-refractivity contribution in [2.24, 2.45) is 0 Å². The van der Waals surface area contributed by atoms with Crippen molar-refractivity contribution in [1.82, 2.24) is 14.4 Å². The fourth-order valence-corrected chi connectivity index (χ4v) is 3.45. The Morgan fingerprint density at radius 2 is 2.00 bits per heavy atom. The minimum atomic E-state index is -0.556. The van der Waals surface area contributed by atoms with Crippen LogP contribution in [0.1, 0.15) is 27.3 Å². The fourth-order valence-electron chi connectivity index (χ4n) is 2.77. The van der Waals surface area contributed by atoms with E-state index in [4.69, 9.17) is 4.74 Å². The first-order chi connectivity index (χ1) is 14.1. The number of aromatic nitrogens is 3. The summed E-state index contributed by atoms with van der Waals surface area (Å²) in [4.78, 5) is 33.1. The van der Waals surface area contributed by atoms with Crippen LogP contribution in [0.15, 0.2) is 64.9 Å². The molecule has 1 N–H and O–H groups in total. The van der Waals surface area contributed by atoms with Crippen LogP contribution >= 0.6 is 11.3 Å². The number of thiazole rings is 1. The summed E-state index contributed by atoms with van der Waals surface area (Å²) in [6.07, 6.45) is 1.72. The molecule has 7 nitrogen and oxygen atoms in total. The van der Waals surface area contributed by atoms with Crippen molar-refractivity contribution in [2.45, 2.75) is 20.1 Å². The van der Waals surface area contributed by atoms with Crippen LogP contribution in [0, 0.1) is 6.92 Å². The summed E-state index contributed by atoms with van der Waals surface area (Å²) >= 11 is 1.33. The zero-order chi connectivity index (χ0) is 20.2. The van der Waals surface area contributed by atoms with Gasteiger partial charge in [0.25, 0.3) is 5.56 Å². The van der Waals surface area contributed by atoms with Gasteiger partial charge < -0.3 is 10.1 Å². The molecule has 0 bridgehead atoms. The molecule has 0 aliphatic rings. The van der Waals surface area contributed by atoms with Crippen LogP contribution in [0.3, 0.4) is 0 Å². The highest BCUT2D eigenvalue weighted by molar-refractivity contribution is 7.13. The first kappa shape index (κ1) is 18.8. The number of carbonyl (C=O) groups is 1. The van der Waals surface area contributed by atoms with E-state index in [0.717, 1.165) is 11.1 Å². The zero-order valence-electron chi connectivity index (χ0n) is 15.7. The Morgan fingerprint density at radius 3 is 2.83 bits per heavy atom. The summed E-state index contributed by atoms with van der Waals surface area (Å²) in [5.74, 6) is -0.556. The Balaban J connectivity index is 1.39. The number of fused-ring (bicyclic) bond motifs is 1. The quantitative estimate of drug-likeness (QED) is 0.494. The van der Waals surface area contributed by atoms with Crippen LogP contribution < -0.4 is 10.9 Å². The van der Waals surface area contributed by atoms with Crippen LogP contribution in [-0.4, -0.2) is 20.3 Å². The van der Waals surface area contributed by atoms with Gasteiger partial charge >= 0.3 is 5.97 Å². The predicted molar refractivity (Wildman–Crippen MR) is 111 cm³/mol. The lowest BCUT2D eigenvalue weighted by atomic mass is 10.2. The first-order valence-electron chi connectivity index (χ1n) is 8.98. The Hall–Kier alpha value is -3.52. The molecule has 1 aromatic carbocycles. The Morgan fingerprint density at radius 1 is 1.17 bits per heavy atom. The Bertz CT molecular complexity index is 1220. The SMILES string of the molecule is Cc1ccc2nc(COC(=O)c3csc(NCc4ccccc4)n3)cc(=O)n2c1. The van der Waals surface area contributed by atoms with E-state index in [0.29, 0.717) is 23.0 Å². The summed E-state index contributed by atoms with van der Waals surface area (Å²) in [7, 11) is 0. The molecular formula is C21H18N4O3S. The van der Waals surface area contributed by atoms with E-state index in [1.807, 2.05) is 43.3 Å². The molecule has 4 aromatic rings. The number of rotatable bonds is 6. The minimum Gasteiger partial charge on any atom is -0.454 e. The van der Waals surface area contributed by atoms with Gasteiger partial charge in [-0.1, -0.05) is 36.4 Å². The Kier molecular flexibility index (Phi) is 5.35. The van der Waals surface area contributed by atoms with E-state index < -0.39 is 5.97 Å². The van der Waals surface area contributed by atoms with Crippen molar-refractivity contribution in [3.8, 4) is 0 Å². The van der Waals surface area contributed by atoms with E-state index in [9.17, 15) is 9.59 Å². The second-order valence-corrected chi connectivity index (χ2v) is 7.33. The number of anilines is 1. The highest BCUT2D eigenvalue weighted by Crippen LogP contribution is 2.17. The number of carbonyl (C=O) groups excluding carboxylic acids is 1. The second-order valence-electron chi connectivity index (χ2n) is 6.47. The molecule has 0 saturated carbocycles. The number of nitrogens with zero attached hydrogens (tertiary/aromatic N) is 3. The highest BCUT2D eigenvalue weighted by Gasteiger charge is 2.13. The standard InChI is InChI=1S/C21H18N4O3S/c1-14-7-8-18-23-16(9-19(26)25(18)11-14)12-28-20(27)17-13-29-21(24-17)22-10-15-5-3-2-4-6-15/h2-9,11,13H,10,12H2,1H3,(H,22,24). The molecular weight excluding hydrogens is 388 g/mol. The summed E-state index contributed by atoms with van der Waals surface area (Å²) in [5, 5.41) is 5.46. The van der Waals surface area contributed by atoms with Gasteiger partial charge in [-0.25, -0.2) is 14.8 Å². The molecule has 8 heteroatoms. The minimum absolute atomic E-state index is 0.0945. The van der Waals surface area contributed by atoms with E-state index >= 15 is 0 Å². The van der Waals surface area contributed by atoms with Crippen LogP contribution in [0.5, 0.6) is 0 Å². The number of hydrogen-bond donors (Lipinski definition) is 1. The molecule has 0 unspecified atom stereocenters. The van der Waals surface area contributed by atoms with Gasteiger partial charge in [-0.15, -0.1) is 11.3 Å². The maximum absolute atomic E-state index is 12.3. The number of ether oxygens (including phenoxy) is 1. The highest BCUT2D eigenvalue weighted by atomic mass is 32.1. The van der Waals surface area contributed by atoms with E-state index in [1.54, 1.807) is 17.6 Å². The van der Waals surface area contributed by atoms with Gasteiger partial charge in [0.15, 0.2) is 10.8 Å². The molecule has 29 heavy (non-hydrogen) atoms. The second kappa shape index (κ2) is 8.24. The maximum atomic E-state index is 12.3. The third kappa shape index (κ3) is 4.49. The van der Waals surface area contributed by atoms with Crippen LogP contribution in [-0.2, 0) is 17.9 Å². The zero-order valence-corrected chi connectivity index (χ0v) is 16.5. The van der Waals surface area contributed by atoms with Crippen LogP contribution in [0.25, 0.3) is 5.65 Å². The van der Waals surface area contributed by atoms with Gasteiger partial charge in [0, 0.05) is 24.2 Å². The van der Waals surface area contributed by atoms with Gasteiger partial charge in [-0.05, 0) is 24.1 Å². The molecule has 0 aliphatic carbocycles. The Labute approximate surface area is 170 Å². The summed E-state index contributed by atoms with van der Waals surface area (Å²) in [6.45, 7) is 2.43. The normalized spacial score (nSPS) is 10.8. The predicted octanol–water partition coefficient (Wildman–Crippen LogP) is 3.43. The number of aryl methyl sites for hydroxylation is 1. The molecule has 0 radical (unpaired) electrons. The molecule has 4 rings (SSSR count). The number of esters is 1. The molecule has 0 aliphatic heterocycles. The molecule has 0 spiro atoms. The lowest BCUT2D eigenvalue weighted by Crippen LogP contribution is -2.17. The van der Waals surface area contributed by atoms with Crippen LogP contribution in [0.2, 0.25) is 0 Å². The molecule has 0 saturated heterocycles.